The van der Waals surface area contributed by atoms with Crippen LogP contribution in [0.25, 0.3) is 0 Å². The monoisotopic (exact) mass is 378 g/mol. The first-order valence-electron chi connectivity index (χ1n) is 10.1. The van der Waals surface area contributed by atoms with Crippen molar-refractivity contribution in [2.75, 3.05) is 6.61 Å². The summed E-state index contributed by atoms with van der Waals surface area (Å²) in [6.45, 7) is 6.32. The molecule has 0 aliphatic carbocycles. The van der Waals surface area contributed by atoms with Crippen molar-refractivity contribution in [3.8, 4) is 0 Å². The van der Waals surface area contributed by atoms with E-state index < -0.39 is 0 Å². The minimum Gasteiger partial charge on any atom is -0.477 e. The number of hydrogen-bond acceptors (Lipinski definition) is 3. The minimum atomic E-state index is -0.359. The van der Waals surface area contributed by atoms with E-state index in [0.29, 0.717) is 12.5 Å². The summed E-state index contributed by atoms with van der Waals surface area (Å²) < 4.78 is 6.13. The lowest BCUT2D eigenvalue weighted by atomic mass is 9.86. The maximum atomic E-state index is 11.8. The van der Waals surface area contributed by atoms with Crippen molar-refractivity contribution >= 4 is 11.8 Å². The Balaban J connectivity index is 1.93. The molecular weight excluding hydrogens is 348 g/mol. The molecule has 3 rings (SSSR count). The molecule has 0 fully saturated rings. The largest absolute Gasteiger partial charge is 0.477 e. The zero-order valence-electron chi connectivity index (χ0n) is 17.0. The second-order valence-electron chi connectivity index (χ2n) is 7.85. The molecule has 0 bridgehead atoms. The number of ether oxygens (including phenoxy) is 1. The highest BCUT2D eigenvalue weighted by Gasteiger charge is 2.40. The van der Waals surface area contributed by atoms with E-state index in [2.05, 4.69) is 67.7 Å². The molecular formula is C24H30N2O2. The highest BCUT2D eigenvalue weighted by Crippen LogP contribution is 2.30. The van der Waals surface area contributed by atoms with Crippen LogP contribution in [-0.2, 0) is 22.4 Å². The van der Waals surface area contributed by atoms with Crippen LogP contribution in [0.1, 0.15) is 38.3 Å². The van der Waals surface area contributed by atoms with E-state index >= 15 is 0 Å². The lowest BCUT2D eigenvalue weighted by Crippen LogP contribution is -2.44. The van der Waals surface area contributed by atoms with Crippen LogP contribution in [0.15, 0.2) is 65.7 Å². The second-order valence-corrected chi connectivity index (χ2v) is 7.85. The van der Waals surface area contributed by atoms with E-state index in [1.54, 1.807) is 6.92 Å². The number of hydrogen-bond donors (Lipinski definition) is 1. The summed E-state index contributed by atoms with van der Waals surface area (Å²) in [6.07, 6.45) is 2.55. The van der Waals surface area contributed by atoms with Gasteiger partial charge >= 0.3 is 0 Å². The van der Waals surface area contributed by atoms with Crippen molar-refractivity contribution in [1.29, 1.82) is 0 Å². The summed E-state index contributed by atoms with van der Waals surface area (Å²) in [5, 5.41) is 3.04. The molecule has 1 heterocycles. The van der Waals surface area contributed by atoms with Crippen LogP contribution in [-0.4, -0.2) is 30.0 Å². The molecule has 0 aromatic heterocycles. The van der Waals surface area contributed by atoms with E-state index in [9.17, 15) is 4.79 Å². The molecule has 148 valence electrons. The van der Waals surface area contributed by atoms with Gasteiger partial charge in [-0.1, -0.05) is 80.9 Å². The molecule has 1 N–H and O–H groups in total. The fourth-order valence-corrected chi connectivity index (χ4v) is 3.76. The number of carbonyl (C=O) groups is 1. The number of aliphatic imine (C=N–C) groups is 1. The topological polar surface area (TPSA) is 50.7 Å². The number of benzene rings is 2. The summed E-state index contributed by atoms with van der Waals surface area (Å²) in [4.78, 5) is 16.9. The fraction of sp³-hybridized carbons (Fsp3) is 0.417. The Morgan fingerprint density at radius 2 is 1.61 bits per heavy atom. The Bertz CT molecular complexity index is 760. The number of amides is 1. The van der Waals surface area contributed by atoms with Gasteiger partial charge in [0, 0.05) is 19.8 Å². The van der Waals surface area contributed by atoms with Crippen molar-refractivity contribution in [3.63, 3.8) is 0 Å². The summed E-state index contributed by atoms with van der Waals surface area (Å²) in [7, 11) is 0. The van der Waals surface area contributed by atoms with Gasteiger partial charge in [0.25, 0.3) is 0 Å². The molecule has 2 aromatic rings. The quantitative estimate of drug-likeness (QED) is 0.749. The molecule has 2 aromatic carbocycles. The summed E-state index contributed by atoms with van der Waals surface area (Å²) in [5.41, 5.74) is 2.13. The van der Waals surface area contributed by atoms with Gasteiger partial charge in [0.1, 0.15) is 18.2 Å². The van der Waals surface area contributed by atoms with Crippen LogP contribution in [0.2, 0.25) is 0 Å². The predicted octanol–water partition coefficient (Wildman–Crippen LogP) is 4.19. The fourth-order valence-electron chi connectivity index (χ4n) is 3.76. The van der Waals surface area contributed by atoms with Crippen molar-refractivity contribution in [2.24, 2.45) is 10.9 Å². The van der Waals surface area contributed by atoms with Gasteiger partial charge in [-0.15, -0.1) is 0 Å². The Morgan fingerprint density at radius 1 is 1.07 bits per heavy atom. The molecule has 2 atom stereocenters. The molecule has 4 nitrogen and oxygen atoms in total. The smallest absolute Gasteiger partial charge is 0.217 e. The van der Waals surface area contributed by atoms with Crippen LogP contribution >= 0.6 is 0 Å². The van der Waals surface area contributed by atoms with Gasteiger partial charge in [0.15, 0.2) is 0 Å². The Morgan fingerprint density at radius 3 is 2.07 bits per heavy atom. The molecule has 0 unspecified atom stereocenters. The highest BCUT2D eigenvalue weighted by molar-refractivity contribution is 5.88. The van der Waals surface area contributed by atoms with Gasteiger partial charge in [0.2, 0.25) is 11.8 Å². The zero-order valence-corrected chi connectivity index (χ0v) is 17.0. The number of nitrogens with zero attached hydrogens (tertiary/aromatic N) is 1. The standard InChI is InChI=1S/C24H30N2O2/c1-4-18(2)22(25-19(3)27)23-26-24(17-28-23,15-20-11-7-5-8-12-20)16-21-13-9-6-10-14-21/h5-14,18,22H,4,15-17H2,1-3H3,(H,25,27)/t18-,22-/m0/s1. The summed E-state index contributed by atoms with van der Waals surface area (Å²) in [5.74, 6) is 0.864. The molecule has 1 aliphatic rings. The van der Waals surface area contributed by atoms with Gasteiger partial charge in [0.05, 0.1) is 0 Å². The molecule has 0 saturated heterocycles. The van der Waals surface area contributed by atoms with Gasteiger partial charge in [-0.05, 0) is 17.0 Å². The van der Waals surface area contributed by atoms with E-state index in [0.717, 1.165) is 19.3 Å². The molecule has 4 heteroatoms. The lowest BCUT2D eigenvalue weighted by Gasteiger charge is -2.24. The SMILES string of the molecule is CC[C@H](C)[C@H](NC(C)=O)C1=NC(Cc2ccccc2)(Cc2ccccc2)CO1. The van der Waals surface area contributed by atoms with Crippen molar-refractivity contribution in [3.05, 3.63) is 71.8 Å². The van der Waals surface area contributed by atoms with Crippen LogP contribution in [0.3, 0.4) is 0 Å². The molecule has 28 heavy (non-hydrogen) atoms. The minimum absolute atomic E-state index is 0.0554. The number of carbonyl (C=O) groups excluding carboxylic acids is 1. The third-order valence-electron chi connectivity index (χ3n) is 5.43. The predicted molar refractivity (Wildman–Crippen MR) is 113 cm³/mol. The normalized spacial score (nSPS) is 17.3. The van der Waals surface area contributed by atoms with Crippen LogP contribution in [0.5, 0.6) is 0 Å². The van der Waals surface area contributed by atoms with Gasteiger partial charge in [-0.25, -0.2) is 4.99 Å². The molecule has 0 saturated carbocycles. The third-order valence-corrected chi connectivity index (χ3v) is 5.43. The Hall–Kier alpha value is -2.62. The van der Waals surface area contributed by atoms with Crippen molar-refractivity contribution in [1.82, 2.24) is 5.32 Å². The van der Waals surface area contributed by atoms with Crippen LogP contribution in [0, 0.1) is 5.92 Å². The second kappa shape index (κ2) is 9.05. The first-order chi connectivity index (χ1) is 13.5. The number of rotatable bonds is 8. The van der Waals surface area contributed by atoms with Crippen molar-refractivity contribution < 1.29 is 9.53 Å². The average molecular weight is 379 g/mol. The zero-order chi connectivity index (χ0) is 20.0. The van der Waals surface area contributed by atoms with Gasteiger partial charge < -0.3 is 10.1 Å². The third kappa shape index (κ3) is 5.00. The Kier molecular flexibility index (Phi) is 6.50. The maximum absolute atomic E-state index is 11.8. The molecule has 1 aliphatic heterocycles. The van der Waals surface area contributed by atoms with E-state index in [1.807, 2.05) is 12.1 Å². The highest BCUT2D eigenvalue weighted by atomic mass is 16.5. The van der Waals surface area contributed by atoms with Crippen molar-refractivity contribution in [2.45, 2.75) is 51.6 Å². The Labute approximate surface area is 168 Å². The van der Waals surface area contributed by atoms with Crippen LogP contribution < -0.4 is 5.32 Å². The summed E-state index contributed by atoms with van der Waals surface area (Å²) >= 11 is 0. The van der Waals surface area contributed by atoms with E-state index in [1.165, 1.54) is 11.1 Å². The van der Waals surface area contributed by atoms with Gasteiger partial charge in [-0.2, -0.15) is 0 Å². The van der Waals surface area contributed by atoms with E-state index in [4.69, 9.17) is 9.73 Å². The number of nitrogens with one attached hydrogen (secondary N) is 1. The lowest BCUT2D eigenvalue weighted by molar-refractivity contribution is -0.119. The summed E-state index contributed by atoms with van der Waals surface area (Å²) in [6, 6.07) is 20.7. The maximum Gasteiger partial charge on any atom is 0.217 e. The average Bonchev–Trinajstić information content (AvgIpc) is 3.10. The molecule has 1 amide bonds. The first-order valence-corrected chi connectivity index (χ1v) is 10.1. The molecule has 0 spiro atoms. The van der Waals surface area contributed by atoms with Gasteiger partial charge in [-0.3, -0.25) is 4.79 Å². The first kappa shape index (κ1) is 20.1. The van der Waals surface area contributed by atoms with Crippen LogP contribution in [0.4, 0.5) is 0 Å². The molecule has 0 radical (unpaired) electrons. The van der Waals surface area contributed by atoms with E-state index in [-0.39, 0.29) is 23.4 Å².